The van der Waals surface area contributed by atoms with E-state index in [0.29, 0.717) is 19.0 Å². The zero-order valence-electron chi connectivity index (χ0n) is 19.0. The first kappa shape index (κ1) is 23.2. The van der Waals surface area contributed by atoms with Gasteiger partial charge < -0.3 is 14.4 Å². The molecule has 0 aliphatic heterocycles. The Hall–Kier alpha value is -3.45. The monoisotopic (exact) mass is 433 g/mol. The lowest BCUT2D eigenvalue weighted by Gasteiger charge is -2.24. The maximum absolute atomic E-state index is 12.9. The van der Waals surface area contributed by atoms with Gasteiger partial charge >= 0.3 is 0 Å². The van der Waals surface area contributed by atoms with Crippen LogP contribution in [0.3, 0.4) is 0 Å². The summed E-state index contributed by atoms with van der Waals surface area (Å²) in [5.74, 6) is 0.213. The molecule has 0 aliphatic carbocycles. The zero-order chi connectivity index (χ0) is 22.9. The fraction of sp³-hybridized carbons (Fsp3) is 0.320. The average Bonchev–Trinajstić information content (AvgIpc) is 3.16. The van der Waals surface area contributed by atoms with Crippen molar-refractivity contribution >= 4 is 17.8 Å². The number of hydrogen-bond acceptors (Lipinski definition) is 4. The van der Waals surface area contributed by atoms with Gasteiger partial charge in [-0.2, -0.15) is 0 Å². The van der Waals surface area contributed by atoms with Gasteiger partial charge in [-0.3, -0.25) is 14.9 Å². The van der Waals surface area contributed by atoms with Gasteiger partial charge in [0.2, 0.25) is 17.8 Å². The molecule has 2 aromatic carbocycles. The quantitative estimate of drug-likeness (QED) is 0.532. The Bertz CT molecular complexity index is 1020. The summed E-state index contributed by atoms with van der Waals surface area (Å²) in [6.07, 6.45) is 2.00. The molecule has 7 nitrogen and oxygen atoms in total. The molecule has 1 heterocycles. The topological polar surface area (TPSA) is 70.5 Å². The first-order valence-corrected chi connectivity index (χ1v) is 10.8. The van der Waals surface area contributed by atoms with Crippen molar-refractivity contribution in [2.45, 2.75) is 19.4 Å². The van der Waals surface area contributed by atoms with Crippen molar-refractivity contribution in [1.29, 1.82) is 0 Å². The van der Waals surface area contributed by atoms with Crippen molar-refractivity contribution in [2.24, 2.45) is 7.05 Å². The molecular weight excluding hydrogens is 402 g/mol. The number of carbonyl (C=O) groups excluding carboxylic acids is 2. The maximum Gasteiger partial charge on any atom is 0.227 e. The number of imidazole rings is 1. The van der Waals surface area contributed by atoms with E-state index in [1.165, 1.54) is 0 Å². The Balaban J connectivity index is 1.57. The lowest BCUT2D eigenvalue weighted by atomic mass is 10.2. The molecule has 3 rings (SSSR count). The van der Waals surface area contributed by atoms with E-state index >= 15 is 0 Å². The van der Waals surface area contributed by atoms with Crippen molar-refractivity contribution in [3.8, 4) is 11.3 Å². The van der Waals surface area contributed by atoms with Crippen LogP contribution >= 0.6 is 0 Å². The van der Waals surface area contributed by atoms with Crippen LogP contribution in [0, 0.1) is 0 Å². The average molecular weight is 434 g/mol. The molecule has 0 fully saturated rings. The maximum atomic E-state index is 12.9. The van der Waals surface area contributed by atoms with E-state index < -0.39 is 0 Å². The molecule has 7 heteroatoms. The first-order valence-electron chi connectivity index (χ1n) is 10.8. The third-order valence-corrected chi connectivity index (χ3v) is 5.26. The molecule has 0 saturated carbocycles. The highest BCUT2D eigenvalue weighted by Gasteiger charge is 2.17. The Kier molecular flexibility index (Phi) is 8.16. The molecule has 0 bridgehead atoms. The number of nitrogens with one attached hydrogen (secondary N) is 1. The van der Waals surface area contributed by atoms with Gasteiger partial charge in [-0.15, -0.1) is 0 Å². The smallest absolute Gasteiger partial charge is 0.227 e. The first-order chi connectivity index (χ1) is 15.4. The predicted molar refractivity (Wildman–Crippen MR) is 127 cm³/mol. The molecule has 0 spiro atoms. The van der Waals surface area contributed by atoms with Gasteiger partial charge in [0, 0.05) is 39.5 Å². The van der Waals surface area contributed by atoms with Crippen LogP contribution in [0.25, 0.3) is 11.3 Å². The van der Waals surface area contributed by atoms with Crippen LogP contribution in [0.15, 0.2) is 66.9 Å². The van der Waals surface area contributed by atoms with E-state index in [1.54, 1.807) is 6.20 Å². The molecule has 0 unspecified atom stereocenters. The third kappa shape index (κ3) is 6.52. The van der Waals surface area contributed by atoms with Crippen molar-refractivity contribution < 1.29 is 9.59 Å². The highest BCUT2D eigenvalue weighted by molar-refractivity contribution is 5.92. The Labute approximate surface area is 189 Å². The van der Waals surface area contributed by atoms with Crippen molar-refractivity contribution in [3.05, 3.63) is 72.4 Å². The van der Waals surface area contributed by atoms with Gasteiger partial charge in [0.1, 0.15) is 0 Å². The number of hydrogen-bond donors (Lipinski definition) is 1. The van der Waals surface area contributed by atoms with Gasteiger partial charge in [-0.25, -0.2) is 4.98 Å². The highest BCUT2D eigenvalue weighted by Crippen LogP contribution is 2.21. The second-order valence-electron chi connectivity index (χ2n) is 8.04. The summed E-state index contributed by atoms with van der Waals surface area (Å²) in [6.45, 7) is 1.91. The number of nitrogens with zero attached hydrogens (tertiary/aromatic N) is 4. The number of benzene rings is 2. The summed E-state index contributed by atoms with van der Waals surface area (Å²) in [6, 6.07) is 19.8. The molecule has 3 aromatic rings. The summed E-state index contributed by atoms with van der Waals surface area (Å²) < 4.78 is 1.84. The van der Waals surface area contributed by atoms with E-state index in [4.69, 9.17) is 0 Å². The summed E-state index contributed by atoms with van der Waals surface area (Å²) in [5, 5.41) is 2.83. The Morgan fingerprint density at radius 1 is 0.938 bits per heavy atom. The summed E-state index contributed by atoms with van der Waals surface area (Å²) >= 11 is 0. The van der Waals surface area contributed by atoms with Gasteiger partial charge in [0.05, 0.1) is 11.9 Å². The fourth-order valence-electron chi connectivity index (χ4n) is 3.39. The molecule has 0 saturated heterocycles. The predicted octanol–water partition coefficient (Wildman–Crippen LogP) is 3.40. The molecule has 1 N–H and O–H groups in total. The van der Waals surface area contributed by atoms with Crippen LogP contribution in [0.4, 0.5) is 5.95 Å². The largest absolute Gasteiger partial charge is 0.337 e. The van der Waals surface area contributed by atoms with Crippen LogP contribution in [-0.4, -0.2) is 58.4 Å². The summed E-state index contributed by atoms with van der Waals surface area (Å²) in [5.41, 5.74) is 3.01. The van der Waals surface area contributed by atoms with Gasteiger partial charge in [0.25, 0.3) is 0 Å². The number of likely N-dealkylation sites (N-methyl/N-ethyl adjacent to an activating group) is 1. The number of rotatable bonds is 10. The summed E-state index contributed by atoms with van der Waals surface area (Å²) in [4.78, 5) is 33.6. The molecule has 32 heavy (non-hydrogen) atoms. The van der Waals surface area contributed by atoms with Gasteiger partial charge in [-0.05, 0) is 25.2 Å². The number of carbonyl (C=O) groups is 2. The van der Waals surface area contributed by atoms with Crippen molar-refractivity contribution in [3.63, 3.8) is 0 Å². The van der Waals surface area contributed by atoms with Crippen LogP contribution < -0.4 is 5.32 Å². The van der Waals surface area contributed by atoms with Crippen molar-refractivity contribution in [1.82, 2.24) is 19.4 Å². The second kappa shape index (κ2) is 11.2. The molecule has 1 aromatic heterocycles. The standard InChI is InChI=1S/C25H31N5O2/c1-28(2)16-17-30(19-20-10-6-4-7-11-20)24(32)15-14-23(31)27-25-26-18-22(29(25)3)21-12-8-5-9-13-21/h4-13,18H,14-17,19H2,1-3H3,(H,26,27,31). The Morgan fingerprint density at radius 2 is 1.59 bits per heavy atom. The number of aromatic nitrogens is 2. The van der Waals surface area contributed by atoms with Crippen molar-refractivity contribution in [2.75, 3.05) is 32.5 Å². The normalized spacial score (nSPS) is 10.9. The minimum absolute atomic E-state index is 0.0318. The van der Waals surface area contributed by atoms with Crippen LogP contribution in [-0.2, 0) is 23.2 Å². The minimum Gasteiger partial charge on any atom is -0.337 e. The SMILES string of the molecule is CN(C)CCN(Cc1ccccc1)C(=O)CCC(=O)Nc1ncc(-c2ccccc2)n1C. The van der Waals surface area contributed by atoms with E-state index in [9.17, 15) is 9.59 Å². The van der Waals surface area contributed by atoms with Crippen LogP contribution in [0.2, 0.25) is 0 Å². The molecule has 168 valence electrons. The second-order valence-corrected chi connectivity index (χ2v) is 8.04. The van der Waals surface area contributed by atoms with E-state index in [2.05, 4.69) is 10.3 Å². The van der Waals surface area contributed by atoms with E-state index in [-0.39, 0.29) is 24.7 Å². The third-order valence-electron chi connectivity index (χ3n) is 5.26. The molecule has 2 amide bonds. The number of amides is 2. The fourth-order valence-corrected chi connectivity index (χ4v) is 3.39. The molecule has 0 atom stereocenters. The Morgan fingerprint density at radius 3 is 2.25 bits per heavy atom. The zero-order valence-corrected chi connectivity index (χ0v) is 19.0. The van der Waals surface area contributed by atoms with Crippen LogP contribution in [0.5, 0.6) is 0 Å². The lowest BCUT2D eigenvalue weighted by molar-refractivity contribution is -0.133. The van der Waals surface area contributed by atoms with E-state index in [0.717, 1.165) is 23.4 Å². The van der Waals surface area contributed by atoms with Gasteiger partial charge in [-0.1, -0.05) is 60.7 Å². The summed E-state index contributed by atoms with van der Waals surface area (Å²) in [7, 11) is 5.82. The van der Waals surface area contributed by atoms with Gasteiger partial charge in [0.15, 0.2) is 0 Å². The molecule has 0 radical (unpaired) electrons. The lowest BCUT2D eigenvalue weighted by Crippen LogP contribution is -2.36. The highest BCUT2D eigenvalue weighted by atomic mass is 16.2. The number of anilines is 1. The van der Waals surface area contributed by atoms with E-state index in [1.807, 2.05) is 96.2 Å². The molecule has 0 aliphatic rings. The molecular formula is C25H31N5O2. The van der Waals surface area contributed by atoms with Crippen LogP contribution in [0.1, 0.15) is 18.4 Å². The minimum atomic E-state index is -0.223.